The molecule has 1 rings (SSSR count). The van der Waals surface area contributed by atoms with Crippen LogP contribution in [0.25, 0.3) is 0 Å². The van der Waals surface area contributed by atoms with Crippen molar-refractivity contribution < 1.29 is 21.6 Å². The van der Waals surface area contributed by atoms with Crippen molar-refractivity contribution in [1.29, 1.82) is 0 Å². The van der Waals surface area contributed by atoms with Gasteiger partial charge in [0.05, 0.1) is 17.0 Å². The molecular formula is C14H23F3N4O2S2. The van der Waals surface area contributed by atoms with Crippen LogP contribution in [0.2, 0.25) is 0 Å². The summed E-state index contributed by atoms with van der Waals surface area (Å²) >= 11 is 0.878. The fourth-order valence-corrected chi connectivity index (χ4v) is 3.32. The quantitative estimate of drug-likeness (QED) is 0.566. The second-order valence-corrected chi connectivity index (χ2v) is 9.98. The van der Waals surface area contributed by atoms with Gasteiger partial charge in [-0.05, 0) is 27.7 Å². The molecule has 0 fully saturated rings. The van der Waals surface area contributed by atoms with Crippen molar-refractivity contribution in [3.63, 3.8) is 0 Å². The standard InChI is InChI=1S/C14H23F3N4O2S2/c1-5-18-12(19-6-7-25(22,23)13(2,3)4)20-8-11-21-10(9-24-11)14(15,16)17/h9H,5-8H2,1-4H3,(H2,18,19,20). The minimum atomic E-state index is -4.47. The van der Waals surface area contributed by atoms with Gasteiger partial charge in [0.15, 0.2) is 21.5 Å². The molecule has 0 spiro atoms. The van der Waals surface area contributed by atoms with Crippen molar-refractivity contribution in [3.8, 4) is 0 Å². The highest BCUT2D eigenvalue weighted by Crippen LogP contribution is 2.30. The number of hydrogen-bond acceptors (Lipinski definition) is 5. The van der Waals surface area contributed by atoms with Crippen LogP contribution in [0.15, 0.2) is 10.4 Å². The predicted octanol–water partition coefficient (Wildman–Crippen LogP) is 2.43. The van der Waals surface area contributed by atoms with Crippen LogP contribution in [-0.4, -0.2) is 43.0 Å². The molecule has 0 bridgehead atoms. The molecular weight excluding hydrogens is 377 g/mol. The fourth-order valence-electron chi connectivity index (χ4n) is 1.61. The van der Waals surface area contributed by atoms with Gasteiger partial charge in [-0.3, -0.25) is 0 Å². The second-order valence-electron chi connectivity index (χ2n) is 6.18. The van der Waals surface area contributed by atoms with E-state index in [-0.39, 0.29) is 23.8 Å². The van der Waals surface area contributed by atoms with Crippen LogP contribution in [0.1, 0.15) is 38.4 Å². The van der Waals surface area contributed by atoms with Gasteiger partial charge in [-0.2, -0.15) is 13.2 Å². The van der Waals surface area contributed by atoms with Gasteiger partial charge in [0.25, 0.3) is 0 Å². The Morgan fingerprint density at radius 1 is 1.28 bits per heavy atom. The maximum Gasteiger partial charge on any atom is 0.434 e. The van der Waals surface area contributed by atoms with Crippen LogP contribution in [-0.2, 0) is 22.6 Å². The maximum absolute atomic E-state index is 12.5. The Balaban J connectivity index is 2.67. The van der Waals surface area contributed by atoms with E-state index in [0.717, 1.165) is 16.7 Å². The normalized spacial score (nSPS) is 13.8. The molecule has 0 atom stereocenters. The molecule has 0 saturated heterocycles. The lowest BCUT2D eigenvalue weighted by Gasteiger charge is -2.19. The van der Waals surface area contributed by atoms with Gasteiger partial charge < -0.3 is 10.6 Å². The van der Waals surface area contributed by atoms with Crippen molar-refractivity contribution in [3.05, 3.63) is 16.1 Å². The lowest BCUT2D eigenvalue weighted by Crippen LogP contribution is -2.41. The highest BCUT2D eigenvalue weighted by atomic mass is 32.2. The number of alkyl halides is 3. The van der Waals surface area contributed by atoms with Crippen molar-refractivity contribution >= 4 is 27.1 Å². The van der Waals surface area contributed by atoms with Crippen molar-refractivity contribution in [1.82, 2.24) is 15.6 Å². The summed E-state index contributed by atoms with van der Waals surface area (Å²) in [6.07, 6.45) is -4.47. The van der Waals surface area contributed by atoms with Crippen LogP contribution in [0, 0.1) is 0 Å². The number of halogens is 3. The van der Waals surface area contributed by atoms with Gasteiger partial charge in [0.2, 0.25) is 0 Å². The number of guanidine groups is 1. The number of aliphatic imine (C=N–C) groups is 1. The Bertz CT molecular complexity index is 692. The van der Waals surface area contributed by atoms with Crippen LogP contribution in [0.5, 0.6) is 0 Å². The summed E-state index contributed by atoms with van der Waals surface area (Å²) in [7, 11) is -3.27. The molecule has 6 nitrogen and oxygen atoms in total. The first-order valence-electron chi connectivity index (χ1n) is 7.63. The van der Waals surface area contributed by atoms with Gasteiger partial charge in [-0.25, -0.2) is 18.4 Å². The van der Waals surface area contributed by atoms with Gasteiger partial charge >= 0.3 is 6.18 Å². The Morgan fingerprint density at radius 2 is 1.92 bits per heavy atom. The van der Waals surface area contributed by atoms with E-state index in [1.165, 1.54) is 0 Å². The fraction of sp³-hybridized carbons (Fsp3) is 0.714. The Labute approximate surface area is 149 Å². The number of nitrogens with one attached hydrogen (secondary N) is 2. The molecule has 2 N–H and O–H groups in total. The third-order valence-electron chi connectivity index (χ3n) is 3.16. The third-order valence-corrected chi connectivity index (χ3v) is 6.60. The topological polar surface area (TPSA) is 83.4 Å². The number of hydrogen-bond donors (Lipinski definition) is 2. The van der Waals surface area contributed by atoms with Crippen LogP contribution >= 0.6 is 11.3 Å². The summed E-state index contributed by atoms with van der Waals surface area (Å²) in [6.45, 7) is 7.37. The van der Waals surface area contributed by atoms with Gasteiger partial charge in [0.1, 0.15) is 5.01 Å². The molecule has 1 aromatic heterocycles. The molecule has 0 aromatic carbocycles. The molecule has 0 aliphatic rings. The van der Waals surface area contributed by atoms with E-state index < -0.39 is 26.5 Å². The molecule has 0 aliphatic heterocycles. The SMILES string of the molecule is CCNC(=NCc1nc(C(F)(F)F)cs1)NCCS(=O)(=O)C(C)(C)C. The molecule has 0 radical (unpaired) electrons. The number of aromatic nitrogens is 1. The average molecular weight is 400 g/mol. The molecule has 0 unspecified atom stereocenters. The van der Waals surface area contributed by atoms with Crippen molar-refractivity contribution in [2.75, 3.05) is 18.8 Å². The second kappa shape index (κ2) is 8.35. The lowest BCUT2D eigenvalue weighted by molar-refractivity contribution is -0.140. The molecule has 0 amide bonds. The predicted molar refractivity (Wildman–Crippen MR) is 93.5 cm³/mol. The highest BCUT2D eigenvalue weighted by molar-refractivity contribution is 7.92. The minimum Gasteiger partial charge on any atom is -0.357 e. The summed E-state index contributed by atoms with van der Waals surface area (Å²) < 4.78 is 60.8. The third kappa shape index (κ3) is 6.81. The van der Waals surface area contributed by atoms with E-state index in [4.69, 9.17) is 0 Å². The average Bonchev–Trinajstić information content (AvgIpc) is 2.92. The van der Waals surface area contributed by atoms with Crippen LogP contribution in [0.3, 0.4) is 0 Å². The molecule has 25 heavy (non-hydrogen) atoms. The maximum atomic E-state index is 12.5. The van der Waals surface area contributed by atoms with Crippen LogP contribution in [0.4, 0.5) is 13.2 Å². The minimum absolute atomic E-state index is 0.0257. The van der Waals surface area contributed by atoms with Crippen LogP contribution < -0.4 is 10.6 Å². The smallest absolute Gasteiger partial charge is 0.357 e. The molecule has 0 aliphatic carbocycles. The largest absolute Gasteiger partial charge is 0.434 e. The molecule has 144 valence electrons. The molecule has 0 saturated carbocycles. The molecule has 11 heteroatoms. The lowest BCUT2D eigenvalue weighted by atomic mass is 10.3. The summed E-state index contributed by atoms with van der Waals surface area (Å²) in [5, 5.41) is 6.96. The van der Waals surface area contributed by atoms with E-state index >= 15 is 0 Å². The summed E-state index contributed by atoms with van der Waals surface area (Å²) in [4.78, 5) is 7.64. The van der Waals surface area contributed by atoms with Gasteiger partial charge in [-0.15, -0.1) is 11.3 Å². The summed E-state index contributed by atoms with van der Waals surface area (Å²) in [6, 6.07) is 0. The van der Waals surface area contributed by atoms with E-state index in [9.17, 15) is 21.6 Å². The zero-order chi connectivity index (χ0) is 19.3. The molecule has 1 heterocycles. The van der Waals surface area contributed by atoms with Crippen molar-refractivity contribution in [2.45, 2.75) is 45.2 Å². The number of thiazole rings is 1. The van der Waals surface area contributed by atoms with E-state index in [1.807, 2.05) is 6.92 Å². The van der Waals surface area contributed by atoms with Gasteiger partial charge in [-0.1, -0.05) is 0 Å². The monoisotopic (exact) mass is 400 g/mol. The first-order valence-corrected chi connectivity index (χ1v) is 10.2. The van der Waals surface area contributed by atoms with E-state index in [2.05, 4.69) is 20.6 Å². The van der Waals surface area contributed by atoms with E-state index in [1.54, 1.807) is 20.8 Å². The Hall–Kier alpha value is -1.36. The van der Waals surface area contributed by atoms with Gasteiger partial charge in [0, 0.05) is 18.5 Å². The number of nitrogens with zero attached hydrogens (tertiary/aromatic N) is 2. The van der Waals surface area contributed by atoms with E-state index in [0.29, 0.717) is 12.5 Å². The Kier molecular flexibility index (Phi) is 7.24. The summed E-state index contributed by atoms with van der Waals surface area (Å²) in [5.74, 6) is 0.256. The zero-order valence-electron chi connectivity index (χ0n) is 14.6. The first kappa shape index (κ1) is 21.7. The highest BCUT2D eigenvalue weighted by Gasteiger charge is 2.33. The van der Waals surface area contributed by atoms with Crippen molar-refractivity contribution in [2.24, 2.45) is 4.99 Å². The summed E-state index contributed by atoms with van der Waals surface area (Å²) in [5.41, 5.74) is -0.933. The first-order chi connectivity index (χ1) is 11.4. The number of rotatable bonds is 6. The number of sulfone groups is 1. The Morgan fingerprint density at radius 3 is 2.40 bits per heavy atom. The molecule has 1 aromatic rings. The zero-order valence-corrected chi connectivity index (χ0v) is 16.2.